The second-order valence-electron chi connectivity index (χ2n) is 4.27. The highest BCUT2D eigenvalue weighted by molar-refractivity contribution is 5.72. The lowest BCUT2D eigenvalue weighted by atomic mass is 10.3. The highest BCUT2D eigenvalue weighted by atomic mass is 16.2. The summed E-state index contributed by atoms with van der Waals surface area (Å²) in [4.78, 5) is 30.7. The number of aromatic nitrogens is 4. The minimum absolute atomic E-state index is 0.0199. The molecule has 0 spiro atoms. The SMILES string of the molecule is CC(CN)Nc1nc2c([nH]1)c(=O)n(C)c(=O)n2C. The number of aromatic amines is 1. The number of hydrogen-bond acceptors (Lipinski definition) is 5. The van der Waals surface area contributed by atoms with E-state index in [2.05, 4.69) is 15.3 Å². The molecule has 0 saturated heterocycles. The van der Waals surface area contributed by atoms with Gasteiger partial charge in [0.1, 0.15) is 0 Å². The van der Waals surface area contributed by atoms with Gasteiger partial charge in [0.05, 0.1) is 0 Å². The van der Waals surface area contributed by atoms with Crippen molar-refractivity contribution in [1.29, 1.82) is 0 Å². The van der Waals surface area contributed by atoms with Gasteiger partial charge in [0.25, 0.3) is 5.56 Å². The Kier molecular flexibility index (Phi) is 2.95. The monoisotopic (exact) mass is 252 g/mol. The normalized spacial score (nSPS) is 12.9. The van der Waals surface area contributed by atoms with E-state index in [-0.39, 0.29) is 6.04 Å². The molecule has 98 valence electrons. The highest BCUT2D eigenvalue weighted by Crippen LogP contribution is 2.08. The van der Waals surface area contributed by atoms with Crippen molar-refractivity contribution in [1.82, 2.24) is 19.1 Å². The molecule has 0 amide bonds. The van der Waals surface area contributed by atoms with E-state index >= 15 is 0 Å². The molecule has 18 heavy (non-hydrogen) atoms. The summed E-state index contributed by atoms with van der Waals surface area (Å²) in [6, 6.07) is 0.0199. The van der Waals surface area contributed by atoms with Crippen LogP contribution < -0.4 is 22.3 Å². The van der Waals surface area contributed by atoms with Crippen molar-refractivity contribution in [2.45, 2.75) is 13.0 Å². The largest absolute Gasteiger partial charge is 0.352 e. The average Bonchev–Trinajstić information content (AvgIpc) is 2.77. The Labute approximate surface area is 102 Å². The first-order chi connectivity index (χ1) is 8.45. The zero-order valence-corrected chi connectivity index (χ0v) is 10.5. The summed E-state index contributed by atoms with van der Waals surface area (Å²) in [6.45, 7) is 2.33. The van der Waals surface area contributed by atoms with Crippen LogP contribution in [-0.4, -0.2) is 31.7 Å². The number of anilines is 1. The number of imidazole rings is 1. The van der Waals surface area contributed by atoms with Crippen LogP contribution in [0.5, 0.6) is 0 Å². The average molecular weight is 252 g/mol. The van der Waals surface area contributed by atoms with Gasteiger partial charge in [-0.25, -0.2) is 4.79 Å². The Hall–Kier alpha value is -2.09. The fourth-order valence-corrected chi connectivity index (χ4v) is 1.69. The molecule has 0 aliphatic rings. The van der Waals surface area contributed by atoms with Crippen molar-refractivity contribution in [2.75, 3.05) is 11.9 Å². The molecule has 2 aromatic rings. The van der Waals surface area contributed by atoms with E-state index in [4.69, 9.17) is 5.73 Å². The number of nitrogens with two attached hydrogens (primary N) is 1. The van der Waals surface area contributed by atoms with Crippen molar-refractivity contribution >= 4 is 17.1 Å². The summed E-state index contributed by atoms with van der Waals surface area (Å²) in [7, 11) is 3.00. The standard InChI is InChI=1S/C10H16N6O2/c1-5(4-11)12-9-13-6-7(14-9)15(2)10(18)16(3)8(6)17/h5H,4,11H2,1-3H3,(H2,12,13,14). The number of rotatable bonds is 3. The summed E-state index contributed by atoms with van der Waals surface area (Å²) in [5, 5.41) is 3.02. The minimum atomic E-state index is -0.405. The predicted molar refractivity (Wildman–Crippen MR) is 68.7 cm³/mol. The van der Waals surface area contributed by atoms with E-state index < -0.39 is 11.2 Å². The first-order valence-electron chi connectivity index (χ1n) is 5.58. The molecule has 0 saturated carbocycles. The number of fused-ring (bicyclic) bond motifs is 1. The maximum atomic E-state index is 11.9. The quantitative estimate of drug-likeness (QED) is 0.630. The Morgan fingerprint density at radius 1 is 1.39 bits per heavy atom. The number of hydrogen-bond donors (Lipinski definition) is 3. The third kappa shape index (κ3) is 1.80. The summed E-state index contributed by atoms with van der Waals surface area (Å²) < 4.78 is 2.36. The van der Waals surface area contributed by atoms with Crippen LogP contribution in [0.3, 0.4) is 0 Å². The summed E-state index contributed by atoms with van der Waals surface area (Å²) in [5.74, 6) is 0.432. The molecule has 8 nitrogen and oxygen atoms in total. The van der Waals surface area contributed by atoms with Crippen molar-refractivity contribution in [3.63, 3.8) is 0 Å². The maximum Gasteiger partial charge on any atom is 0.332 e. The van der Waals surface area contributed by atoms with Crippen LogP contribution in [0.2, 0.25) is 0 Å². The number of aryl methyl sites for hydroxylation is 1. The van der Waals surface area contributed by atoms with E-state index in [0.717, 1.165) is 4.57 Å². The van der Waals surface area contributed by atoms with Gasteiger partial charge in [-0.05, 0) is 6.92 Å². The van der Waals surface area contributed by atoms with E-state index in [1.807, 2.05) is 6.92 Å². The molecule has 0 aromatic carbocycles. The van der Waals surface area contributed by atoms with Gasteiger partial charge in [0, 0.05) is 26.7 Å². The summed E-state index contributed by atoms with van der Waals surface area (Å²) in [5.41, 5.74) is 5.32. The van der Waals surface area contributed by atoms with Gasteiger partial charge in [0.2, 0.25) is 5.95 Å². The van der Waals surface area contributed by atoms with E-state index in [9.17, 15) is 9.59 Å². The molecule has 0 fully saturated rings. The Morgan fingerprint density at radius 2 is 2.06 bits per heavy atom. The molecule has 2 rings (SSSR count). The van der Waals surface area contributed by atoms with E-state index in [1.54, 1.807) is 7.05 Å². The highest BCUT2D eigenvalue weighted by Gasteiger charge is 2.13. The number of nitrogens with zero attached hydrogens (tertiary/aromatic N) is 3. The lowest BCUT2D eigenvalue weighted by Gasteiger charge is -2.08. The lowest BCUT2D eigenvalue weighted by Crippen LogP contribution is -2.36. The van der Waals surface area contributed by atoms with Crippen LogP contribution in [0.1, 0.15) is 6.92 Å². The number of nitrogens with one attached hydrogen (secondary N) is 2. The number of H-pyrrole nitrogens is 1. The van der Waals surface area contributed by atoms with Gasteiger partial charge < -0.3 is 16.0 Å². The first kappa shape index (κ1) is 12.4. The summed E-state index contributed by atoms with van der Waals surface area (Å²) in [6.07, 6.45) is 0. The van der Waals surface area contributed by atoms with Crippen molar-refractivity contribution in [2.24, 2.45) is 19.8 Å². The maximum absolute atomic E-state index is 11.9. The third-order valence-corrected chi connectivity index (χ3v) is 2.83. The Balaban J connectivity index is 2.65. The van der Waals surface area contributed by atoms with Gasteiger partial charge in [0.15, 0.2) is 11.2 Å². The van der Waals surface area contributed by atoms with Crippen LogP contribution in [0, 0.1) is 0 Å². The Morgan fingerprint density at radius 3 is 2.67 bits per heavy atom. The summed E-state index contributed by atoms with van der Waals surface area (Å²) >= 11 is 0. The molecule has 1 atom stereocenters. The molecule has 4 N–H and O–H groups in total. The second kappa shape index (κ2) is 4.30. The van der Waals surface area contributed by atoms with E-state index in [0.29, 0.717) is 23.7 Å². The van der Waals surface area contributed by atoms with Crippen LogP contribution in [0.25, 0.3) is 11.2 Å². The van der Waals surface area contributed by atoms with Gasteiger partial charge in [-0.1, -0.05) is 0 Å². The Bertz CT molecular complexity index is 695. The molecule has 0 bridgehead atoms. The van der Waals surface area contributed by atoms with Crippen molar-refractivity contribution in [3.8, 4) is 0 Å². The first-order valence-corrected chi connectivity index (χ1v) is 5.58. The third-order valence-electron chi connectivity index (χ3n) is 2.83. The molecular weight excluding hydrogens is 236 g/mol. The molecule has 2 aromatic heterocycles. The van der Waals surface area contributed by atoms with Crippen LogP contribution in [-0.2, 0) is 14.1 Å². The fourth-order valence-electron chi connectivity index (χ4n) is 1.69. The van der Waals surface area contributed by atoms with Crippen LogP contribution >= 0.6 is 0 Å². The molecule has 0 radical (unpaired) electrons. The molecule has 0 aliphatic heterocycles. The van der Waals surface area contributed by atoms with Crippen LogP contribution in [0.15, 0.2) is 9.59 Å². The molecular formula is C10H16N6O2. The molecule has 1 unspecified atom stereocenters. The zero-order valence-electron chi connectivity index (χ0n) is 10.5. The van der Waals surface area contributed by atoms with Gasteiger partial charge in [-0.3, -0.25) is 13.9 Å². The van der Waals surface area contributed by atoms with Gasteiger partial charge in [-0.2, -0.15) is 4.98 Å². The molecule has 0 aliphatic carbocycles. The van der Waals surface area contributed by atoms with Crippen molar-refractivity contribution < 1.29 is 0 Å². The van der Waals surface area contributed by atoms with Gasteiger partial charge in [-0.15, -0.1) is 0 Å². The smallest absolute Gasteiger partial charge is 0.332 e. The molecule has 8 heteroatoms. The van der Waals surface area contributed by atoms with E-state index in [1.165, 1.54) is 11.6 Å². The van der Waals surface area contributed by atoms with Crippen LogP contribution in [0.4, 0.5) is 5.95 Å². The zero-order chi connectivity index (χ0) is 13.4. The predicted octanol–water partition coefficient (Wildman–Crippen LogP) is -1.28. The fraction of sp³-hybridized carbons (Fsp3) is 0.500. The topological polar surface area (TPSA) is 111 Å². The van der Waals surface area contributed by atoms with Gasteiger partial charge >= 0.3 is 5.69 Å². The lowest BCUT2D eigenvalue weighted by molar-refractivity contribution is 0.708. The second-order valence-corrected chi connectivity index (χ2v) is 4.27. The molecule has 2 heterocycles. The van der Waals surface area contributed by atoms with Crippen molar-refractivity contribution in [3.05, 3.63) is 20.8 Å². The minimum Gasteiger partial charge on any atom is -0.352 e.